The van der Waals surface area contributed by atoms with Crippen molar-refractivity contribution >= 4 is 11.8 Å². The Balaban J connectivity index is 1.49. The lowest BCUT2D eigenvalue weighted by atomic mass is 9.92. The van der Waals surface area contributed by atoms with Crippen LogP contribution >= 0.6 is 0 Å². The van der Waals surface area contributed by atoms with Crippen molar-refractivity contribution in [2.45, 2.75) is 58.3 Å². The second-order valence-corrected chi connectivity index (χ2v) is 9.22. The van der Waals surface area contributed by atoms with Crippen LogP contribution in [-0.2, 0) is 24.7 Å². The molecule has 0 atom stereocenters. The number of hydrogen-bond donors (Lipinski definition) is 3. The molecule has 0 spiro atoms. The van der Waals surface area contributed by atoms with Gasteiger partial charge in [-0.1, -0.05) is 51.1 Å². The molecule has 0 unspecified atom stereocenters. The van der Waals surface area contributed by atoms with Gasteiger partial charge in [-0.15, -0.1) is 0 Å². The average Bonchev–Trinajstić information content (AvgIpc) is 3.39. The van der Waals surface area contributed by atoms with Crippen molar-refractivity contribution in [1.82, 2.24) is 25.1 Å². The predicted molar refractivity (Wildman–Crippen MR) is 124 cm³/mol. The Bertz CT molecular complexity index is 1160. The normalized spacial score (nSPS) is 13.1. The number of anilines is 1. The summed E-state index contributed by atoms with van der Waals surface area (Å²) in [5, 5.41) is 10.4. The monoisotopic (exact) mass is 434 g/mol. The molecule has 2 amide bonds. The number of benzene rings is 1. The van der Waals surface area contributed by atoms with Gasteiger partial charge in [0.15, 0.2) is 0 Å². The largest absolute Gasteiger partial charge is 0.338 e. The molecule has 4 rings (SSSR count). The van der Waals surface area contributed by atoms with Gasteiger partial charge in [0, 0.05) is 23.6 Å². The standard InChI is InChI=1S/C24H30N6O2/c1-24(2,3)19-15-20(27-23(32)25-14-8-11-16-9-5-4-6-10-16)30(29-19)22-26-18-13-7-12-17(18)21(31)28-22/h4-6,9-10,15H,7-8,11-14H2,1-3H3,(H2,25,27,32)(H,26,28,31). The number of aromatic amines is 1. The fourth-order valence-corrected chi connectivity index (χ4v) is 3.83. The highest BCUT2D eigenvalue weighted by Gasteiger charge is 2.24. The van der Waals surface area contributed by atoms with Crippen LogP contribution in [0.3, 0.4) is 0 Å². The Labute approximate surface area is 187 Å². The molecule has 8 nitrogen and oxygen atoms in total. The van der Waals surface area contributed by atoms with E-state index in [0.29, 0.717) is 18.3 Å². The van der Waals surface area contributed by atoms with Gasteiger partial charge in [0.1, 0.15) is 5.82 Å². The minimum atomic E-state index is -0.317. The van der Waals surface area contributed by atoms with Gasteiger partial charge >= 0.3 is 6.03 Å². The third-order valence-corrected chi connectivity index (χ3v) is 5.62. The van der Waals surface area contributed by atoms with Crippen molar-refractivity contribution < 1.29 is 4.79 Å². The maximum Gasteiger partial charge on any atom is 0.320 e. The fourth-order valence-electron chi connectivity index (χ4n) is 3.83. The lowest BCUT2D eigenvalue weighted by Gasteiger charge is -2.14. The summed E-state index contributed by atoms with van der Waals surface area (Å²) in [5.41, 5.74) is 3.24. The van der Waals surface area contributed by atoms with Crippen molar-refractivity contribution in [2.75, 3.05) is 11.9 Å². The molecule has 3 N–H and O–H groups in total. The van der Waals surface area contributed by atoms with E-state index in [1.54, 1.807) is 0 Å². The molecule has 168 valence electrons. The lowest BCUT2D eigenvalue weighted by Crippen LogP contribution is -2.31. The molecule has 0 saturated heterocycles. The Morgan fingerprint density at radius 1 is 1.19 bits per heavy atom. The van der Waals surface area contributed by atoms with Crippen molar-refractivity contribution in [2.24, 2.45) is 0 Å². The highest BCUT2D eigenvalue weighted by Crippen LogP contribution is 2.26. The van der Waals surface area contributed by atoms with Crippen LogP contribution in [0.5, 0.6) is 0 Å². The van der Waals surface area contributed by atoms with Crippen LogP contribution in [0.25, 0.3) is 5.95 Å². The van der Waals surface area contributed by atoms with Crippen LogP contribution < -0.4 is 16.2 Å². The van der Waals surface area contributed by atoms with Crippen LogP contribution in [0.4, 0.5) is 10.6 Å². The number of aryl methyl sites for hydroxylation is 2. The van der Waals surface area contributed by atoms with Crippen LogP contribution in [0, 0.1) is 0 Å². The third-order valence-electron chi connectivity index (χ3n) is 5.62. The quantitative estimate of drug-likeness (QED) is 0.517. The number of aromatic nitrogens is 4. The lowest BCUT2D eigenvalue weighted by molar-refractivity contribution is 0.252. The molecule has 0 radical (unpaired) electrons. The minimum absolute atomic E-state index is 0.133. The number of urea groups is 1. The van der Waals surface area contributed by atoms with Gasteiger partial charge in [-0.2, -0.15) is 9.78 Å². The van der Waals surface area contributed by atoms with E-state index in [4.69, 9.17) is 0 Å². The first-order valence-electron chi connectivity index (χ1n) is 11.1. The maximum atomic E-state index is 12.6. The van der Waals surface area contributed by atoms with E-state index < -0.39 is 0 Å². The summed E-state index contributed by atoms with van der Waals surface area (Å²) in [6.45, 7) is 6.69. The SMILES string of the molecule is CC(C)(C)c1cc(NC(=O)NCCCc2ccccc2)n(-c2nc3c(c(=O)[nH]2)CCC3)n1. The van der Waals surface area contributed by atoms with Gasteiger partial charge in [-0.25, -0.2) is 9.78 Å². The molecule has 3 aromatic rings. The van der Waals surface area contributed by atoms with E-state index in [1.165, 1.54) is 10.2 Å². The van der Waals surface area contributed by atoms with Gasteiger partial charge in [0.05, 0.1) is 11.4 Å². The summed E-state index contributed by atoms with van der Waals surface area (Å²) >= 11 is 0. The van der Waals surface area contributed by atoms with Crippen molar-refractivity contribution in [3.8, 4) is 5.95 Å². The maximum absolute atomic E-state index is 12.6. The first-order chi connectivity index (χ1) is 15.3. The molecule has 1 aliphatic rings. The number of nitrogens with zero attached hydrogens (tertiary/aromatic N) is 3. The van der Waals surface area contributed by atoms with E-state index in [1.807, 2.05) is 45.0 Å². The number of rotatable bonds is 6. The van der Waals surface area contributed by atoms with Gasteiger partial charge in [-0.3, -0.25) is 15.1 Å². The van der Waals surface area contributed by atoms with Crippen molar-refractivity contribution in [3.05, 3.63) is 69.3 Å². The van der Waals surface area contributed by atoms with Crippen molar-refractivity contribution in [1.29, 1.82) is 0 Å². The van der Waals surface area contributed by atoms with E-state index in [9.17, 15) is 9.59 Å². The average molecular weight is 435 g/mol. The number of amides is 2. The van der Waals surface area contributed by atoms with E-state index >= 15 is 0 Å². The zero-order valence-corrected chi connectivity index (χ0v) is 18.9. The van der Waals surface area contributed by atoms with Crippen LogP contribution in [0.1, 0.15) is 56.1 Å². The molecule has 32 heavy (non-hydrogen) atoms. The van der Waals surface area contributed by atoms with E-state index in [-0.39, 0.29) is 17.0 Å². The molecular formula is C24H30N6O2. The Kier molecular flexibility index (Phi) is 6.12. The Hall–Kier alpha value is -3.42. The second kappa shape index (κ2) is 8.98. The molecule has 0 bridgehead atoms. The third kappa shape index (κ3) is 4.90. The fraction of sp³-hybridized carbons (Fsp3) is 0.417. The highest BCUT2D eigenvalue weighted by molar-refractivity contribution is 5.88. The smallest absolute Gasteiger partial charge is 0.320 e. The summed E-state index contributed by atoms with van der Waals surface area (Å²) in [6, 6.07) is 11.7. The Morgan fingerprint density at radius 3 is 2.72 bits per heavy atom. The molecule has 2 heterocycles. The van der Waals surface area contributed by atoms with Crippen LogP contribution in [0.15, 0.2) is 41.2 Å². The van der Waals surface area contributed by atoms with Gasteiger partial charge < -0.3 is 5.32 Å². The van der Waals surface area contributed by atoms with Gasteiger partial charge in [-0.05, 0) is 37.7 Å². The second-order valence-electron chi connectivity index (χ2n) is 9.22. The number of hydrogen-bond acceptors (Lipinski definition) is 4. The number of fused-ring (bicyclic) bond motifs is 1. The summed E-state index contributed by atoms with van der Waals surface area (Å²) in [6.07, 6.45) is 4.19. The van der Waals surface area contributed by atoms with Crippen molar-refractivity contribution in [3.63, 3.8) is 0 Å². The van der Waals surface area contributed by atoms with Crippen LogP contribution in [0.2, 0.25) is 0 Å². The topological polar surface area (TPSA) is 105 Å². The highest BCUT2D eigenvalue weighted by atomic mass is 16.2. The number of carbonyl (C=O) groups excluding carboxylic acids is 1. The Morgan fingerprint density at radius 2 is 1.97 bits per heavy atom. The molecule has 8 heteroatoms. The molecule has 0 fully saturated rings. The molecular weight excluding hydrogens is 404 g/mol. The predicted octanol–water partition coefficient (Wildman–Crippen LogP) is 3.50. The summed E-state index contributed by atoms with van der Waals surface area (Å²) < 4.78 is 1.52. The number of H-pyrrole nitrogens is 1. The molecule has 0 saturated carbocycles. The summed E-state index contributed by atoms with van der Waals surface area (Å²) in [4.78, 5) is 32.5. The van der Waals surface area contributed by atoms with Gasteiger partial charge in [0.25, 0.3) is 5.56 Å². The summed E-state index contributed by atoms with van der Waals surface area (Å²) in [7, 11) is 0. The summed E-state index contributed by atoms with van der Waals surface area (Å²) in [5.74, 6) is 0.794. The molecule has 1 aromatic carbocycles. The number of carbonyl (C=O) groups is 1. The molecule has 0 aliphatic heterocycles. The van der Waals surface area contributed by atoms with E-state index in [2.05, 4.69) is 37.8 Å². The van der Waals surface area contributed by atoms with E-state index in [0.717, 1.165) is 49.1 Å². The minimum Gasteiger partial charge on any atom is -0.338 e. The van der Waals surface area contributed by atoms with Crippen LogP contribution in [-0.4, -0.2) is 32.3 Å². The zero-order valence-electron chi connectivity index (χ0n) is 18.9. The molecule has 1 aliphatic carbocycles. The molecule has 2 aromatic heterocycles. The first-order valence-corrected chi connectivity index (χ1v) is 11.1. The first kappa shape index (κ1) is 21.8. The van der Waals surface area contributed by atoms with Gasteiger partial charge in [0.2, 0.25) is 5.95 Å². The number of nitrogens with one attached hydrogen (secondary N) is 3. The zero-order chi connectivity index (χ0) is 22.7.